The summed E-state index contributed by atoms with van der Waals surface area (Å²) in [6, 6.07) is 13.7. The number of anilines is 6. The van der Waals surface area contributed by atoms with Crippen LogP contribution in [0.1, 0.15) is 12.8 Å². The van der Waals surface area contributed by atoms with Gasteiger partial charge in [-0.05, 0) is 76.7 Å². The molecule has 0 spiro atoms. The molecule has 3 aromatic rings. The van der Waals surface area contributed by atoms with Crippen LogP contribution in [0, 0.1) is 0 Å². The van der Waals surface area contributed by atoms with Crippen molar-refractivity contribution in [1.82, 2.24) is 14.9 Å². The van der Waals surface area contributed by atoms with Crippen molar-refractivity contribution in [3.05, 3.63) is 66.3 Å². The number of carbonyl (C=O) groups is 1. The van der Waals surface area contributed by atoms with Gasteiger partial charge in [0.05, 0.1) is 23.3 Å². The van der Waals surface area contributed by atoms with Crippen LogP contribution in [0.15, 0.2) is 61.3 Å². The Morgan fingerprint density at radius 1 is 1.13 bits per heavy atom. The Morgan fingerprint density at radius 3 is 2.51 bits per heavy atom. The smallest absolute Gasteiger partial charge is 0.247 e. The molecule has 0 saturated carbocycles. The van der Waals surface area contributed by atoms with Crippen LogP contribution in [-0.4, -0.2) is 67.3 Å². The van der Waals surface area contributed by atoms with Crippen molar-refractivity contribution in [3.63, 3.8) is 0 Å². The predicted molar refractivity (Wildman–Crippen MR) is 163 cm³/mol. The molecule has 0 radical (unpaired) electrons. The highest BCUT2D eigenvalue weighted by Gasteiger charge is 2.23. The molecule has 1 saturated heterocycles. The van der Waals surface area contributed by atoms with Crippen LogP contribution in [0.3, 0.4) is 0 Å². The zero-order valence-corrected chi connectivity index (χ0v) is 24.4. The molecule has 1 aliphatic rings. The van der Waals surface area contributed by atoms with E-state index < -0.39 is 7.14 Å². The first-order chi connectivity index (χ1) is 18.5. The third-order valence-electron chi connectivity index (χ3n) is 6.71. The number of aromatic nitrogens is 2. The molecule has 11 heteroatoms. The summed E-state index contributed by atoms with van der Waals surface area (Å²) >= 11 is 6.40. The zero-order chi connectivity index (χ0) is 28.2. The molecule has 1 aliphatic heterocycles. The fraction of sp³-hybridized carbons (Fsp3) is 0.321. The second kappa shape index (κ2) is 12.2. The predicted octanol–water partition coefficient (Wildman–Crippen LogP) is 5.52. The second-order valence-electron chi connectivity index (χ2n) is 10.1. The summed E-state index contributed by atoms with van der Waals surface area (Å²) in [4.78, 5) is 25.7. The number of carbonyl (C=O) groups excluding carboxylic acids is 1. The molecule has 1 fully saturated rings. The van der Waals surface area contributed by atoms with E-state index in [9.17, 15) is 9.36 Å². The zero-order valence-electron chi connectivity index (χ0n) is 22.7. The highest BCUT2D eigenvalue weighted by Crippen LogP contribution is 2.39. The van der Waals surface area contributed by atoms with Gasteiger partial charge in [-0.15, -0.1) is 0 Å². The molecule has 1 amide bonds. The average molecular weight is 568 g/mol. The molecule has 1 aromatic heterocycles. The maximum absolute atomic E-state index is 12.8. The molecule has 4 rings (SSSR count). The van der Waals surface area contributed by atoms with Gasteiger partial charge in [0, 0.05) is 30.1 Å². The molecule has 0 atom stereocenters. The van der Waals surface area contributed by atoms with Crippen molar-refractivity contribution in [2.75, 3.05) is 61.4 Å². The fourth-order valence-corrected chi connectivity index (χ4v) is 5.91. The quantitative estimate of drug-likeness (QED) is 0.229. The van der Waals surface area contributed by atoms with Gasteiger partial charge in [-0.2, -0.15) is 4.98 Å². The summed E-state index contributed by atoms with van der Waals surface area (Å²) in [5.74, 6) is 0.417. The van der Waals surface area contributed by atoms with E-state index in [0.29, 0.717) is 45.2 Å². The van der Waals surface area contributed by atoms with E-state index in [4.69, 9.17) is 11.6 Å². The van der Waals surface area contributed by atoms with Gasteiger partial charge in [0.25, 0.3) is 0 Å². The summed E-state index contributed by atoms with van der Waals surface area (Å²) in [7, 11) is 1.69. The normalized spacial score (nSPS) is 14.3. The van der Waals surface area contributed by atoms with Crippen LogP contribution in [0.5, 0.6) is 0 Å². The molecule has 39 heavy (non-hydrogen) atoms. The number of nitrogens with zero attached hydrogens (tertiary/aromatic N) is 4. The first-order valence-corrected chi connectivity index (χ1v) is 15.7. The molecule has 2 aromatic carbocycles. The lowest BCUT2D eigenvalue weighted by Crippen LogP contribution is -2.42. The third kappa shape index (κ3) is 7.18. The van der Waals surface area contributed by atoms with Crippen LogP contribution in [0.4, 0.5) is 34.5 Å². The van der Waals surface area contributed by atoms with E-state index in [0.717, 1.165) is 31.6 Å². The van der Waals surface area contributed by atoms with E-state index in [2.05, 4.69) is 56.4 Å². The number of nitrogens with one attached hydrogen (secondary N) is 3. The van der Waals surface area contributed by atoms with Crippen LogP contribution >= 0.6 is 18.7 Å². The minimum atomic E-state index is -2.53. The van der Waals surface area contributed by atoms with E-state index in [1.54, 1.807) is 13.3 Å². The van der Waals surface area contributed by atoms with E-state index in [-0.39, 0.29) is 5.91 Å². The van der Waals surface area contributed by atoms with Crippen LogP contribution in [-0.2, 0) is 9.36 Å². The minimum Gasteiger partial charge on any atom is -0.370 e. The Bertz CT molecular complexity index is 1400. The highest BCUT2D eigenvalue weighted by atomic mass is 35.5. The Morgan fingerprint density at radius 2 is 1.85 bits per heavy atom. The lowest BCUT2D eigenvalue weighted by molar-refractivity contribution is -0.111. The Labute approximate surface area is 235 Å². The number of hydrogen-bond acceptors (Lipinski definition) is 8. The molecule has 0 unspecified atom stereocenters. The Hall–Kier alpha value is -3.39. The molecule has 9 nitrogen and oxygen atoms in total. The minimum absolute atomic E-state index is 0.284. The third-order valence-corrected chi connectivity index (χ3v) is 8.54. The van der Waals surface area contributed by atoms with Crippen LogP contribution in [0.2, 0.25) is 5.02 Å². The number of piperidine rings is 1. The number of halogens is 1. The maximum Gasteiger partial charge on any atom is 0.247 e. The largest absolute Gasteiger partial charge is 0.370 e. The lowest BCUT2D eigenvalue weighted by atomic mass is 10.0. The maximum atomic E-state index is 12.8. The van der Waals surface area contributed by atoms with Crippen molar-refractivity contribution >= 4 is 64.5 Å². The van der Waals surface area contributed by atoms with E-state index >= 15 is 0 Å². The first-order valence-electron chi connectivity index (χ1n) is 12.7. The van der Waals surface area contributed by atoms with Gasteiger partial charge in [-0.25, -0.2) is 4.98 Å². The van der Waals surface area contributed by atoms with Gasteiger partial charge >= 0.3 is 0 Å². The topological polar surface area (TPSA) is 102 Å². The van der Waals surface area contributed by atoms with Crippen molar-refractivity contribution in [3.8, 4) is 0 Å². The van der Waals surface area contributed by atoms with Gasteiger partial charge < -0.3 is 30.3 Å². The Kier molecular flexibility index (Phi) is 8.95. The summed E-state index contributed by atoms with van der Waals surface area (Å²) in [5, 5.41) is 10.4. The van der Waals surface area contributed by atoms with E-state index in [1.165, 1.54) is 12.3 Å². The summed E-state index contributed by atoms with van der Waals surface area (Å²) in [6.07, 6.45) is 4.85. The van der Waals surface area contributed by atoms with Crippen molar-refractivity contribution in [2.45, 2.75) is 18.9 Å². The molecule has 3 N–H and O–H groups in total. The van der Waals surface area contributed by atoms with Gasteiger partial charge in [0.2, 0.25) is 11.9 Å². The molecule has 0 aliphatic carbocycles. The molecule has 2 heterocycles. The van der Waals surface area contributed by atoms with Gasteiger partial charge in [-0.1, -0.05) is 30.3 Å². The van der Waals surface area contributed by atoms with Gasteiger partial charge in [0.1, 0.15) is 12.2 Å². The monoisotopic (exact) mass is 567 g/mol. The molecule has 0 bridgehead atoms. The summed E-state index contributed by atoms with van der Waals surface area (Å²) in [5.41, 5.74) is 3.00. The molecular formula is C28H35ClN7O2P. The average Bonchev–Trinajstić information content (AvgIpc) is 2.90. The van der Waals surface area contributed by atoms with E-state index in [1.807, 2.05) is 42.5 Å². The fourth-order valence-electron chi connectivity index (χ4n) is 4.62. The van der Waals surface area contributed by atoms with Crippen LogP contribution < -0.4 is 26.2 Å². The summed E-state index contributed by atoms with van der Waals surface area (Å²) < 4.78 is 12.8. The number of amides is 1. The molecule has 206 valence electrons. The van der Waals surface area contributed by atoms with Gasteiger partial charge in [0.15, 0.2) is 5.82 Å². The Balaban J connectivity index is 1.58. The lowest BCUT2D eigenvalue weighted by Gasteiger charge is -2.37. The highest BCUT2D eigenvalue weighted by molar-refractivity contribution is 7.70. The van der Waals surface area contributed by atoms with Crippen molar-refractivity contribution in [1.29, 1.82) is 0 Å². The first kappa shape index (κ1) is 28.6. The molecular weight excluding hydrogens is 533 g/mol. The van der Waals surface area contributed by atoms with Gasteiger partial charge in [-0.3, -0.25) is 4.79 Å². The standard InChI is InChI=1S/C28H35ClN7O2P/c1-6-26(37)32-23-17-19(11-12-24(23)36-15-13-20(14-16-36)35(2)3)31-28-30-18-21(29)27(34-28)33-22-9-7-8-10-25(22)39(4,5)38/h6-12,17-18,20H,1,13-16H2,2-5H3,(H,32,37)(H2,30,31,33,34). The SMILES string of the molecule is C=CC(=O)Nc1cc(Nc2ncc(Cl)c(Nc3ccccc3P(C)(C)=O)n2)ccc1N1CCC(N(C)C)CC1. The van der Waals surface area contributed by atoms with Crippen molar-refractivity contribution < 1.29 is 9.36 Å². The summed E-state index contributed by atoms with van der Waals surface area (Å²) in [6.45, 7) is 8.82. The number of hydrogen-bond donors (Lipinski definition) is 3. The number of para-hydroxylation sites is 1. The van der Waals surface area contributed by atoms with Crippen molar-refractivity contribution in [2.24, 2.45) is 0 Å². The number of benzene rings is 2. The second-order valence-corrected chi connectivity index (χ2v) is 13.7. The van der Waals surface area contributed by atoms with Crippen LogP contribution in [0.25, 0.3) is 0 Å². The number of rotatable bonds is 9.